The number of halogens is 1. The molecule has 0 fully saturated rings. The Morgan fingerprint density at radius 2 is 1.61 bits per heavy atom. The summed E-state index contributed by atoms with van der Waals surface area (Å²) in [4.78, 5) is 13.1. The van der Waals surface area contributed by atoms with Crippen molar-refractivity contribution in [1.29, 1.82) is 0 Å². The van der Waals surface area contributed by atoms with E-state index in [1.54, 1.807) is 26.4 Å². The molecule has 5 nitrogen and oxygen atoms in total. The Bertz CT molecular complexity index is 1260. The van der Waals surface area contributed by atoms with E-state index in [2.05, 4.69) is 5.32 Å². The van der Waals surface area contributed by atoms with Crippen LogP contribution >= 0.6 is 0 Å². The van der Waals surface area contributed by atoms with Gasteiger partial charge in [0.1, 0.15) is 5.82 Å². The van der Waals surface area contributed by atoms with Gasteiger partial charge in [0.25, 0.3) is 5.91 Å². The van der Waals surface area contributed by atoms with E-state index in [0.29, 0.717) is 23.6 Å². The van der Waals surface area contributed by atoms with Crippen LogP contribution in [0.3, 0.4) is 0 Å². The van der Waals surface area contributed by atoms with E-state index < -0.39 is 0 Å². The largest absolute Gasteiger partial charge is 0.493 e. The van der Waals surface area contributed by atoms with Crippen LogP contribution in [0.25, 0.3) is 16.9 Å². The van der Waals surface area contributed by atoms with Crippen LogP contribution in [0.1, 0.15) is 21.6 Å². The van der Waals surface area contributed by atoms with Gasteiger partial charge in [-0.15, -0.1) is 0 Å². The molecule has 0 bridgehead atoms. The fourth-order valence-corrected chi connectivity index (χ4v) is 3.83. The highest BCUT2D eigenvalue weighted by atomic mass is 19.1. The zero-order valence-corrected chi connectivity index (χ0v) is 18.8. The van der Waals surface area contributed by atoms with Crippen molar-refractivity contribution in [1.82, 2.24) is 9.88 Å². The van der Waals surface area contributed by atoms with Crippen molar-refractivity contribution in [3.8, 4) is 28.4 Å². The zero-order valence-electron chi connectivity index (χ0n) is 18.8. The van der Waals surface area contributed by atoms with Crippen molar-refractivity contribution < 1.29 is 18.7 Å². The Morgan fingerprint density at radius 3 is 2.27 bits per heavy atom. The summed E-state index contributed by atoms with van der Waals surface area (Å²) in [6.45, 7) is 2.22. The molecule has 3 aromatic carbocycles. The van der Waals surface area contributed by atoms with E-state index in [1.165, 1.54) is 12.1 Å². The number of carbonyl (C=O) groups is 1. The SMILES string of the molecule is COc1ccc(-n2c(-c3ccccc3)cc(C(=O)NCc3ccc(F)cc3)c2C)cc1OC. The lowest BCUT2D eigenvalue weighted by Crippen LogP contribution is -2.23. The summed E-state index contributed by atoms with van der Waals surface area (Å²) in [5, 5.41) is 2.94. The molecule has 6 heteroatoms. The van der Waals surface area contributed by atoms with Crippen LogP contribution in [0, 0.1) is 12.7 Å². The molecule has 1 N–H and O–H groups in total. The topological polar surface area (TPSA) is 52.5 Å². The van der Waals surface area contributed by atoms with Crippen molar-refractivity contribution in [3.05, 3.63) is 102 Å². The van der Waals surface area contributed by atoms with Gasteiger partial charge >= 0.3 is 0 Å². The fourth-order valence-electron chi connectivity index (χ4n) is 3.83. The lowest BCUT2D eigenvalue weighted by molar-refractivity contribution is 0.0950. The molecule has 1 amide bonds. The third kappa shape index (κ3) is 4.60. The Labute approximate surface area is 192 Å². The molecule has 33 heavy (non-hydrogen) atoms. The van der Waals surface area contributed by atoms with Crippen molar-refractivity contribution in [3.63, 3.8) is 0 Å². The number of nitrogens with zero attached hydrogens (tertiary/aromatic N) is 1. The van der Waals surface area contributed by atoms with Crippen LogP contribution in [-0.2, 0) is 6.54 Å². The highest BCUT2D eigenvalue weighted by Crippen LogP contribution is 2.34. The number of ether oxygens (including phenoxy) is 2. The Kier molecular flexibility index (Phi) is 6.45. The second kappa shape index (κ2) is 9.61. The average molecular weight is 445 g/mol. The van der Waals surface area contributed by atoms with Gasteiger partial charge in [-0.25, -0.2) is 4.39 Å². The van der Waals surface area contributed by atoms with Gasteiger partial charge in [0.2, 0.25) is 0 Å². The molecule has 1 heterocycles. The summed E-state index contributed by atoms with van der Waals surface area (Å²) in [5.41, 5.74) is 4.88. The van der Waals surface area contributed by atoms with E-state index in [-0.39, 0.29) is 11.7 Å². The van der Waals surface area contributed by atoms with E-state index in [1.807, 2.05) is 66.1 Å². The molecule has 0 atom stereocenters. The summed E-state index contributed by atoms with van der Waals surface area (Å²) < 4.78 is 26.1. The maximum Gasteiger partial charge on any atom is 0.253 e. The lowest BCUT2D eigenvalue weighted by Gasteiger charge is -2.15. The van der Waals surface area contributed by atoms with Gasteiger partial charge in [-0.3, -0.25) is 4.79 Å². The molecule has 0 saturated carbocycles. The third-order valence-electron chi connectivity index (χ3n) is 5.55. The molecular weight excluding hydrogens is 419 g/mol. The van der Waals surface area contributed by atoms with Crippen LogP contribution in [0.15, 0.2) is 78.9 Å². The summed E-state index contributed by atoms with van der Waals surface area (Å²) in [7, 11) is 3.19. The van der Waals surface area contributed by atoms with Gasteiger partial charge in [0, 0.05) is 24.0 Å². The number of aromatic nitrogens is 1. The van der Waals surface area contributed by atoms with Gasteiger partial charge < -0.3 is 19.4 Å². The van der Waals surface area contributed by atoms with Crippen molar-refractivity contribution in [2.75, 3.05) is 14.2 Å². The minimum atomic E-state index is -0.305. The molecule has 0 unspecified atom stereocenters. The minimum absolute atomic E-state index is 0.201. The second-order valence-corrected chi connectivity index (χ2v) is 7.58. The summed E-state index contributed by atoms with van der Waals surface area (Å²) in [6, 6.07) is 23.5. The highest BCUT2D eigenvalue weighted by Gasteiger charge is 2.20. The second-order valence-electron chi connectivity index (χ2n) is 7.58. The number of hydrogen-bond acceptors (Lipinski definition) is 3. The van der Waals surface area contributed by atoms with Gasteiger partial charge in [-0.1, -0.05) is 42.5 Å². The third-order valence-corrected chi connectivity index (χ3v) is 5.55. The lowest BCUT2D eigenvalue weighted by atomic mass is 10.1. The molecule has 0 saturated heterocycles. The first kappa shape index (κ1) is 22.1. The van der Waals surface area contributed by atoms with Gasteiger partial charge in [0.15, 0.2) is 11.5 Å². The standard InChI is InChI=1S/C27H25FN2O3/c1-18-23(27(31)29-17-19-9-11-21(28)12-10-19)16-24(20-7-5-4-6-8-20)30(18)22-13-14-25(32-2)26(15-22)33-3/h4-16H,17H2,1-3H3,(H,29,31). The first-order valence-corrected chi connectivity index (χ1v) is 10.5. The Morgan fingerprint density at radius 1 is 0.909 bits per heavy atom. The quantitative estimate of drug-likeness (QED) is 0.407. The van der Waals surface area contributed by atoms with E-state index in [4.69, 9.17) is 9.47 Å². The van der Waals surface area contributed by atoms with Crippen molar-refractivity contribution in [2.45, 2.75) is 13.5 Å². The molecule has 168 valence electrons. The molecule has 4 rings (SSSR count). The number of benzene rings is 3. The number of rotatable bonds is 7. The number of carbonyl (C=O) groups excluding carboxylic acids is 1. The normalized spacial score (nSPS) is 10.7. The number of methoxy groups -OCH3 is 2. The highest BCUT2D eigenvalue weighted by molar-refractivity contribution is 5.97. The maximum absolute atomic E-state index is 13.2. The maximum atomic E-state index is 13.2. The van der Waals surface area contributed by atoms with Gasteiger partial charge in [0.05, 0.1) is 25.5 Å². The molecule has 1 aromatic heterocycles. The van der Waals surface area contributed by atoms with E-state index in [0.717, 1.165) is 28.2 Å². The molecule has 0 aliphatic rings. The summed E-state index contributed by atoms with van der Waals surface area (Å²) in [6.07, 6.45) is 0. The van der Waals surface area contributed by atoms with Gasteiger partial charge in [-0.05, 0) is 48.4 Å². The summed E-state index contributed by atoms with van der Waals surface area (Å²) in [5.74, 6) is 0.725. The molecular formula is C27H25FN2O3. The van der Waals surface area contributed by atoms with Crippen LogP contribution in [0.5, 0.6) is 11.5 Å². The van der Waals surface area contributed by atoms with Gasteiger partial charge in [-0.2, -0.15) is 0 Å². The van der Waals surface area contributed by atoms with E-state index >= 15 is 0 Å². The number of nitrogens with one attached hydrogen (secondary N) is 1. The monoisotopic (exact) mass is 444 g/mol. The van der Waals surface area contributed by atoms with Crippen LogP contribution < -0.4 is 14.8 Å². The Balaban J connectivity index is 1.74. The first-order valence-electron chi connectivity index (χ1n) is 10.5. The molecule has 0 aliphatic heterocycles. The summed E-state index contributed by atoms with van der Waals surface area (Å²) >= 11 is 0. The minimum Gasteiger partial charge on any atom is -0.493 e. The van der Waals surface area contributed by atoms with Crippen LogP contribution in [-0.4, -0.2) is 24.7 Å². The molecule has 0 spiro atoms. The number of hydrogen-bond donors (Lipinski definition) is 1. The predicted molar refractivity (Wildman–Crippen MR) is 127 cm³/mol. The van der Waals surface area contributed by atoms with Crippen molar-refractivity contribution in [2.24, 2.45) is 0 Å². The molecule has 0 radical (unpaired) electrons. The number of amides is 1. The zero-order chi connectivity index (χ0) is 23.4. The first-order chi connectivity index (χ1) is 16.0. The van der Waals surface area contributed by atoms with Crippen LogP contribution in [0.4, 0.5) is 4.39 Å². The fraction of sp³-hybridized carbons (Fsp3) is 0.148. The smallest absolute Gasteiger partial charge is 0.253 e. The van der Waals surface area contributed by atoms with Crippen LogP contribution in [0.2, 0.25) is 0 Å². The predicted octanol–water partition coefficient (Wildman–Crippen LogP) is 5.54. The molecule has 4 aromatic rings. The Hall–Kier alpha value is -4.06. The van der Waals surface area contributed by atoms with Crippen molar-refractivity contribution >= 4 is 5.91 Å². The molecule has 0 aliphatic carbocycles. The van der Waals surface area contributed by atoms with E-state index in [9.17, 15) is 9.18 Å². The average Bonchev–Trinajstić information content (AvgIpc) is 3.20.